The van der Waals surface area contributed by atoms with Crippen LogP contribution in [-0.2, 0) is 22.2 Å². The van der Waals surface area contributed by atoms with Crippen LogP contribution < -0.4 is 0 Å². The molecule has 0 radical (unpaired) electrons. The van der Waals surface area contributed by atoms with Crippen LogP contribution in [0.5, 0.6) is 0 Å². The third kappa shape index (κ3) is 3.58. The minimum absolute atomic E-state index is 0.167. The quantitative estimate of drug-likeness (QED) is 0.768. The first kappa shape index (κ1) is 10.2. The largest absolute Gasteiger partial charge is 0.302 e. The highest BCUT2D eigenvalue weighted by atomic mass is 32.2. The molecule has 1 atom stereocenters. The van der Waals surface area contributed by atoms with Crippen molar-refractivity contribution in [3.05, 3.63) is 35.4 Å². The summed E-state index contributed by atoms with van der Waals surface area (Å²) in [7, 11) is 0. The molecule has 0 aliphatic carbocycles. The Kier molecular flexibility index (Phi) is 3.47. The second kappa shape index (κ2) is 4.40. The molecule has 1 aromatic rings. The molecular weight excluding hydrogens is 202 g/mol. The van der Waals surface area contributed by atoms with Crippen LogP contribution in [-0.4, -0.2) is 8.76 Å². The van der Waals surface area contributed by atoms with Gasteiger partial charge in [0, 0.05) is 6.07 Å². The van der Waals surface area contributed by atoms with Crippen LogP contribution in [0, 0.1) is 11.6 Å². The van der Waals surface area contributed by atoms with E-state index in [-0.39, 0.29) is 12.2 Å². The summed E-state index contributed by atoms with van der Waals surface area (Å²) < 4.78 is 47.5. The van der Waals surface area contributed by atoms with Gasteiger partial charge in [-0.25, -0.2) is 8.78 Å². The van der Waals surface area contributed by atoms with Gasteiger partial charge in [0.25, 0.3) is 0 Å². The van der Waals surface area contributed by atoms with Gasteiger partial charge in [-0.15, -0.1) is 0 Å². The monoisotopic (exact) mass is 208 g/mol. The van der Waals surface area contributed by atoms with Crippen molar-refractivity contribution in [2.75, 3.05) is 0 Å². The molecule has 13 heavy (non-hydrogen) atoms. The molecule has 0 spiro atoms. The second-order valence-corrected chi connectivity index (χ2v) is 2.93. The van der Waals surface area contributed by atoms with Crippen molar-refractivity contribution in [3.8, 4) is 0 Å². The Balaban J connectivity index is 2.71. The molecule has 0 saturated heterocycles. The van der Waals surface area contributed by atoms with Gasteiger partial charge in [-0.2, -0.15) is 4.21 Å². The van der Waals surface area contributed by atoms with Crippen LogP contribution in [0.4, 0.5) is 8.78 Å². The van der Waals surface area contributed by atoms with E-state index < -0.39 is 23.0 Å². The first-order chi connectivity index (χ1) is 6.08. The fraction of sp³-hybridized carbons (Fsp3) is 0.143. The molecule has 0 heterocycles. The summed E-state index contributed by atoms with van der Waals surface area (Å²) in [5.74, 6) is -1.50. The van der Waals surface area contributed by atoms with E-state index in [2.05, 4.69) is 4.18 Å². The van der Waals surface area contributed by atoms with Gasteiger partial charge in [0.2, 0.25) is 0 Å². The number of rotatable bonds is 3. The van der Waals surface area contributed by atoms with E-state index >= 15 is 0 Å². The highest BCUT2D eigenvalue weighted by molar-refractivity contribution is 7.74. The molecule has 0 saturated carbocycles. The van der Waals surface area contributed by atoms with Crippen LogP contribution in [0.1, 0.15) is 5.56 Å². The lowest BCUT2D eigenvalue weighted by molar-refractivity contribution is 0.296. The average Bonchev–Trinajstić information content (AvgIpc) is 1.99. The first-order valence-electron chi connectivity index (χ1n) is 3.27. The Bertz CT molecular complexity index is 309. The lowest BCUT2D eigenvalue weighted by Gasteiger charge is -1.99. The number of hydrogen-bond acceptors (Lipinski definition) is 2. The van der Waals surface area contributed by atoms with E-state index in [1.165, 1.54) is 0 Å². The molecule has 1 N–H and O–H groups in total. The number of benzene rings is 1. The van der Waals surface area contributed by atoms with Crippen LogP contribution in [0.2, 0.25) is 0 Å². The highest BCUT2D eigenvalue weighted by Crippen LogP contribution is 2.09. The normalized spacial score (nSPS) is 12.8. The summed E-state index contributed by atoms with van der Waals surface area (Å²) in [4.78, 5) is 0. The van der Waals surface area contributed by atoms with Gasteiger partial charge in [0.05, 0.1) is 6.61 Å². The lowest BCUT2D eigenvalue weighted by atomic mass is 10.2. The zero-order chi connectivity index (χ0) is 9.84. The molecular formula is C7H6F2O3S. The van der Waals surface area contributed by atoms with E-state index in [0.717, 1.165) is 12.1 Å². The van der Waals surface area contributed by atoms with Gasteiger partial charge in [-0.05, 0) is 17.7 Å². The van der Waals surface area contributed by atoms with Crippen LogP contribution in [0.3, 0.4) is 0 Å². The lowest BCUT2D eigenvalue weighted by Crippen LogP contribution is -1.97. The van der Waals surface area contributed by atoms with E-state index in [1.54, 1.807) is 0 Å². The Morgan fingerprint density at radius 2 is 1.85 bits per heavy atom. The zero-order valence-electron chi connectivity index (χ0n) is 6.37. The summed E-state index contributed by atoms with van der Waals surface area (Å²) >= 11 is -2.42. The summed E-state index contributed by atoms with van der Waals surface area (Å²) in [6, 6.07) is 2.76. The average molecular weight is 208 g/mol. The Hall–Kier alpha value is -0.850. The fourth-order valence-corrected chi connectivity index (χ4v) is 1.05. The Morgan fingerprint density at radius 1 is 1.31 bits per heavy atom. The molecule has 3 nitrogen and oxygen atoms in total. The van der Waals surface area contributed by atoms with Crippen molar-refractivity contribution < 1.29 is 21.7 Å². The molecule has 1 unspecified atom stereocenters. The summed E-state index contributed by atoms with van der Waals surface area (Å²) in [5.41, 5.74) is 0.167. The third-order valence-corrected chi connectivity index (χ3v) is 1.57. The van der Waals surface area contributed by atoms with Crippen molar-refractivity contribution in [1.82, 2.24) is 0 Å². The molecule has 0 amide bonds. The summed E-state index contributed by atoms with van der Waals surface area (Å²) in [5, 5.41) is 0. The number of hydrogen-bond donors (Lipinski definition) is 1. The molecule has 0 aliphatic heterocycles. The van der Waals surface area contributed by atoms with E-state index in [4.69, 9.17) is 4.55 Å². The molecule has 1 aromatic carbocycles. The Morgan fingerprint density at radius 3 is 2.31 bits per heavy atom. The van der Waals surface area contributed by atoms with Crippen LogP contribution in [0.25, 0.3) is 0 Å². The molecule has 0 fully saturated rings. The second-order valence-electron chi connectivity index (χ2n) is 2.26. The maximum absolute atomic E-state index is 12.5. The number of halogens is 2. The first-order valence-corrected chi connectivity index (χ1v) is 4.30. The van der Waals surface area contributed by atoms with Crippen molar-refractivity contribution in [2.45, 2.75) is 6.61 Å². The van der Waals surface area contributed by atoms with Crippen LogP contribution >= 0.6 is 0 Å². The van der Waals surface area contributed by atoms with E-state index in [1.807, 2.05) is 0 Å². The summed E-state index contributed by atoms with van der Waals surface area (Å²) in [6.45, 7) is -0.308. The minimum Gasteiger partial charge on any atom is -0.284 e. The maximum Gasteiger partial charge on any atom is 0.302 e. The van der Waals surface area contributed by atoms with Crippen LogP contribution in [0.15, 0.2) is 18.2 Å². The van der Waals surface area contributed by atoms with E-state index in [9.17, 15) is 13.0 Å². The predicted molar refractivity (Wildman–Crippen MR) is 41.9 cm³/mol. The van der Waals surface area contributed by atoms with Gasteiger partial charge >= 0.3 is 11.4 Å². The van der Waals surface area contributed by atoms with Gasteiger partial charge in [0.1, 0.15) is 11.6 Å². The van der Waals surface area contributed by atoms with Gasteiger partial charge < -0.3 is 0 Å². The zero-order valence-corrected chi connectivity index (χ0v) is 7.18. The molecule has 0 aliphatic rings. The predicted octanol–water partition coefficient (Wildman–Crippen LogP) is 1.62. The van der Waals surface area contributed by atoms with Crippen molar-refractivity contribution in [1.29, 1.82) is 0 Å². The maximum atomic E-state index is 12.5. The van der Waals surface area contributed by atoms with Gasteiger partial charge in [0.15, 0.2) is 0 Å². The van der Waals surface area contributed by atoms with Crippen molar-refractivity contribution in [2.24, 2.45) is 0 Å². The van der Waals surface area contributed by atoms with Crippen molar-refractivity contribution in [3.63, 3.8) is 0 Å². The van der Waals surface area contributed by atoms with E-state index in [0.29, 0.717) is 6.07 Å². The molecule has 0 aromatic heterocycles. The molecule has 1 rings (SSSR count). The highest BCUT2D eigenvalue weighted by Gasteiger charge is 2.02. The summed E-state index contributed by atoms with van der Waals surface area (Å²) in [6.07, 6.45) is 0. The minimum atomic E-state index is -2.42. The van der Waals surface area contributed by atoms with Gasteiger partial charge in [-0.1, -0.05) is 0 Å². The topological polar surface area (TPSA) is 46.5 Å². The molecule has 72 valence electrons. The SMILES string of the molecule is O=S(O)OCc1cc(F)cc(F)c1. The standard InChI is InChI=1S/C7H6F2O3S/c8-6-1-5(2-7(9)3-6)4-12-13(10)11/h1-3H,4H2,(H,10,11). The molecule has 6 heteroatoms. The fourth-order valence-electron chi connectivity index (χ4n) is 0.813. The van der Waals surface area contributed by atoms with Crippen molar-refractivity contribution >= 4 is 11.4 Å². The molecule has 0 bridgehead atoms. The Labute approximate surface area is 75.8 Å². The smallest absolute Gasteiger partial charge is 0.284 e. The third-order valence-electron chi connectivity index (χ3n) is 1.25. The van der Waals surface area contributed by atoms with Gasteiger partial charge in [-0.3, -0.25) is 8.74 Å².